The average Bonchev–Trinajstić information content (AvgIpc) is 1.83. The van der Waals surface area contributed by atoms with Crippen molar-refractivity contribution in [3.63, 3.8) is 0 Å². The lowest BCUT2D eigenvalue weighted by atomic mass is 10.5. The highest BCUT2D eigenvalue weighted by molar-refractivity contribution is 7.15. The van der Waals surface area contributed by atoms with Crippen LogP contribution >= 0.6 is 11.1 Å². The maximum Gasteiger partial charge on any atom is 0.470 e. The van der Waals surface area contributed by atoms with Gasteiger partial charge in [0.2, 0.25) is 0 Å². The molecule has 0 aliphatic heterocycles. The number of hydrogen-bond acceptors (Lipinski definition) is 2. The highest BCUT2D eigenvalue weighted by atomic mass is 35.6. The van der Waals surface area contributed by atoms with E-state index in [0.717, 1.165) is 0 Å². The van der Waals surface area contributed by atoms with Crippen LogP contribution in [-0.4, -0.2) is 20.1 Å². The van der Waals surface area contributed by atoms with Crippen LogP contribution in [0.3, 0.4) is 0 Å². The summed E-state index contributed by atoms with van der Waals surface area (Å²) in [5, 5.41) is 0. The molecular weight excluding hydrogens is 192 g/mol. The van der Waals surface area contributed by atoms with Gasteiger partial charge in [0.25, 0.3) is 0 Å². The minimum Gasteiger partial charge on any atom is -0.378 e. The van der Waals surface area contributed by atoms with E-state index in [-0.39, 0.29) is 12.2 Å². The molecule has 0 spiro atoms. The Labute approximate surface area is 80.5 Å². The molecule has 0 fully saturated rings. The van der Waals surface area contributed by atoms with Gasteiger partial charge in [0, 0.05) is 12.2 Å². The highest BCUT2D eigenvalue weighted by Crippen LogP contribution is 2.18. The summed E-state index contributed by atoms with van der Waals surface area (Å²) in [6.07, 6.45) is 0.150. The van der Waals surface area contributed by atoms with Gasteiger partial charge in [-0.3, -0.25) is 0 Å². The minimum atomic E-state index is -2.61. The minimum absolute atomic E-state index is 0.0749. The Kier molecular flexibility index (Phi) is 5.09. The first-order chi connectivity index (χ1) is 5.39. The van der Waals surface area contributed by atoms with Crippen LogP contribution in [0.5, 0.6) is 0 Å². The van der Waals surface area contributed by atoms with Gasteiger partial charge in [-0.2, -0.15) is 0 Å². The molecule has 0 radical (unpaired) electrons. The first kappa shape index (κ1) is 12.2. The molecule has 2 nitrogen and oxygen atoms in total. The molecule has 0 saturated carbocycles. The molecule has 72 valence electrons. The lowest BCUT2D eigenvalue weighted by Crippen LogP contribution is -2.38. The lowest BCUT2D eigenvalue weighted by Gasteiger charge is -2.24. The van der Waals surface area contributed by atoms with E-state index < -0.39 is 7.87 Å². The quantitative estimate of drug-likeness (QED) is 0.511. The molecule has 0 aromatic rings. The summed E-state index contributed by atoms with van der Waals surface area (Å²) in [6.45, 7) is 11.3. The van der Waals surface area contributed by atoms with Crippen LogP contribution < -0.4 is 0 Å². The van der Waals surface area contributed by atoms with E-state index in [4.69, 9.17) is 19.9 Å². The third kappa shape index (κ3) is 4.93. The molecule has 0 unspecified atom stereocenters. The van der Waals surface area contributed by atoms with E-state index in [2.05, 4.69) is 6.58 Å². The van der Waals surface area contributed by atoms with Crippen LogP contribution in [0.25, 0.3) is 0 Å². The van der Waals surface area contributed by atoms with Crippen molar-refractivity contribution in [2.45, 2.75) is 39.9 Å². The second kappa shape index (κ2) is 5.02. The summed E-state index contributed by atoms with van der Waals surface area (Å²) in [4.78, 5) is 0. The second-order valence-corrected chi connectivity index (χ2v) is 6.74. The molecule has 0 bridgehead atoms. The smallest absolute Gasteiger partial charge is 0.378 e. The zero-order chi connectivity index (χ0) is 9.78. The van der Waals surface area contributed by atoms with E-state index in [0.29, 0.717) is 0 Å². The van der Waals surface area contributed by atoms with E-state index in [1.165, 1.54) is 0 Å². The first-order valence-corrected chi connectivity index (χ1v) is 6.98. The van der Waals surface area contributed by atoms with Gasteiger partial charge in [-0.1, -0.05) is 11.1 Å². The van der Waals surface area contributed by atoms with E-state index >= 15 is 0 Å². The second-order valence-electron chi connectivity index (χ2n) is 3.12. The molecule has 0 amide bonds. The van der Waals surface area contributed by atoms with Crippen molar-refractivity contribution in [1.82, 2.24) is 0 Å². The maximum absolute atomic E-state index is 6.09. The number of hydrogen-bond donors (Lipinski definition) is 0. The Balaban J connectivity index is 4.14. The van der Waals surface area contributed by atoms with Crippen LogP contribution in [0.1, 0.15) is 27.7 Å². The predicted molar refractivity (Wildman–Crippen MR) is 54.2 cm³/mol. The maximum atomic E-state index is 6.09. The third-order valence-electron chi connectivity index (χ3n) is 1.04. The van der Waals surface area contributed by atoms with Gasteiger partial charge in [-0.15, -0.1) is 6.58 Å². The molecule has 12 heavy (non-hydrogen) atoms. The van der Waals surface area contributed by atoms with Gasteiger partial charge in [-0.05, 0) is 33.4 Å². The van der Waals surface area contributed by atoms with Crippen molar-refractivity contribution in [2.24, 2.45) is 0 Å². The fourth-order valence-corrected chi connectivity index (χ4v) is 3.37. The van der Waals surface area contributed by atoms with Crippen molar-refractivity contribution in [2.75, 3.05) is 0 Å². The molecule has 0 saturated heterocycles. The van der Waals surface area contributed by atoms with Gasteiger partial charge in [0.15, 0.2) is 0 Å². The zero-order valence-electron chi connectivity index (χ0n) is 8.13. The normalized spacial score (nSPS) is 12.6. The van der Waals surface area contributed by atoms with Crippen molar-refractivity contribution in [1.29, 1.82) is 0 Å². The standard InChI is InChI=1S/C8H17ClO2Si/c1-6-12(9,10-7(2)3)11-8(4)5/h6-8H,1H2,2-5H3. The van der Waals surface area contributed by atoms with Crippen molar-refractivity contribution in [3.05, 3.63) is 12.3 Å². The topological polar surface area (TPSA) is 18.5 Å². The molecule has 0 rings (SSSR count). The SMILES string of the molecule is C=C[Si](Cl)(OC(C)C)OC(C)C. The molecule has 0 heterocycles. The highest BCUT2D eigenvalue weighted by Gasteiger charge is 2.34. The Hall–Kier alpha value is 0.167. The van der Waals surface area contributed by atoms with Crippen LogP contribution in [-0.2, 0) is 8.85 Å². The van der Waals surface area contributed by atoms with Crippen molar-refractivity contribution >= 4 is 18.9 Å². The monoisotopic (exact) mass is 208 g/mol. The van der Waals surface area contributed by atoms with Crippen LogP contribution in [0.15, 0.2) is 12.3 Å². The summed E-state index contributed by atoms with van der Waals surface area (Å²) in [6, 6.07) is 0. The molecule has 0 aromatic heterocycles. The fraction of sp³-hybridized carbons (Fsp3) is 0.750. The number of halogens is 1. The van der Waals surface area contributed by atoms with Crippen LogP contribution in [0.4, 0.5) is 0 Å². The summed E-state index contributed by atoms with van der Waals surface area (Å²) >= 11 is 6.09. The van der Waals surface area contributed by atoms with Crippen molar-refractivity contribution in [3.8, 4) is 0 Å². The first-order valence-electron chi connectivity index (χ1n) is 4.07. The van der Waals surface area contributed by atoms with Crippen LogP contribution in [0.2, 0.25) is 0 Å². The van der Waals surface area contributed by atoms with Gasteiger partial charge in [0.1, 0.15) is 0 Å². The van der Waals surface area contributed by atoms with Gasteiger partial charge in [0.05, 0.1) is 0 Å². The van der Waals surface area contributed by atoms with Gasteiger partial charge < -0.3 is 8.85 Å². The van der Waals surface area contributed by atoms with Crippen LogP contribution in [0, 0.1) is 0 Å². The van der Waals surface area contributed by atoms with Gasteiger partial charge in [-0.25, -0.2) is 0 Å². The molecule has 0 aromatic carbocycles. The summed E-state index contributed by atoms with van der Waals surface area (Å²) in [5.74, 6) is 0. The third-order valence-corrected chi connectivity index (χ3v) is 4.11. The summed E-state index contributed by atoms with van der Waals surface area (Å²) < 4.78 is 10.9. The molecule has 0 aliphatic carbocycles. The van der Waals surface area contributed by atoms with E-state index in [1.807, 2.05) is 27.7 Å². The average molecular weight is 209 g/mol. The van der Waals surface area contributed by atoms with E-state index in [1.54, 1.807) is 5.70 Å². The fourth-order valence-electron chi connectivity index (χ4n) is 0.767. The molecular formula is C8H17ClO2Si. The Morgan fingerprint density at radius 3 is 1.67 bits per heavy atom. The Morgan fingerprint density at radius 1 is 1.17 bits per heavy atom. The Morgan fingerprint density at radius 2 is 1.50 bits per heavy atom. The molecule has 4 heteroatoms. The lowest BCUT2D eigenvalue weighted by molar-refractivity contribution is 0.130. The van der Waals surface area contributed by atoms with Crippen molar-refractivity contribution < 1.29 is 8.85 Å². The largest absolute Gasteiger partial charge is 0.470 e. The molecule has 0 atom stereocenters. The zero-order valence-corrected chi connectivity index (χ0v) is 9.89. The molecule has 0 N–H and O–H groups in total. The summed E-state index contributed by atoms with van der Waals surface area (Å²) in [5.41, 5.74) is 1.59. The Bertz CT molecular complexity index is 138. The number of rotatable bonds is 5. The van der Waals surface area contributed by atoms with Gasteiger partial charge >= 0.3 is 7.87 Å². The van der Waals surface area contributed by atoms with E-state index in [9.17, 15) is 0 Å². The summed E-state index contributed by atoms with van der Waals surface area (Å²) in [7, 11) is -2.61. The molecule has 0 aliphatic rings. The predicted octanol–water partition coefficient (Wildman–Crippen LogP) is 2.74.